The number of nitrogens with zero attached hydrogens (tertiary/aromatic N) is 1. The fourth-order valence-corrected chi connectivity index (χ4v) is 3.22. The number of H-pyrrole nitrogens is 1. The Kier molecular flexibility index (Phi) is 3.37. The maximum atomic E-state index is 11.6. The van der Waals surface area contributed by atoms with Gasteiger partial charge < -0.3 is 19.6 Å². The van der Waals surface area contributed by atoms with E-state index in [1.165, 1.54) is 0 Å². The van der Waals surface area contributed by atoms with Crippen LogP contribution in [0.25, 0.3) is 10.9 Å². The van der Waals surface area contributed by atoms with Crippen LogP contribution in [0.1, 0.15) is 31.1 Å². The van der Waals surface area contributed by atoms with Crippen LogP contribution in [0.15, 0.2) is 18.2 Å². The quantitative estimate of drug-likeness (QED) is 0.922. The zero-order chi connectivity index (χ0) is 15.1. The Morgan fingerprint density at radius 3 is 2.86 bits per heavy atom. The van der Waals surface area contributed by atoms with Gasteiger partial charge in [0.15, 0.2) is 0 Å². The number of rotatable bonds is 3. The number of aliphatic carboxylic acids is 1. The standard InChI is InChI=1S/C16H20N2O3/c1-9(2)18-7-6-11-12-8-10(21-3)4-5-13(12)17-14(11)15(18)16(19)20/h4-5,8-9,15,17H,6-7H2,1-3H3,(H,19,20)/p-1. The van der Waals surface area contributed by atoms with E-state index < -0.39 is 12.0 Å². The maximum absolute atomic E-state index is 11.6. The van der Waals surface area contributed by atoms with E-state index >= 15 is 0 Å². The molecule has 2 aromatic rings. The topological polar surface area (TPSA) is 68.4 Å². The van der Waals surface area contributed by atoms with E-state index in [2.05, 4.69) is 4.98 Å². The lowest BCUT2D eigenvalue weighted by Gasteiger charge is -2.39. The van der Waals surface area contributed by atoms with Crippen LogP contribution in [0.2, 0.25) is 0 Å². The molecule has 5 nitrogen and oxygen atoms in total. The normalized spacial score (nSPS) is 19.0. The molecule has 1 aliphatic rings. The summed E-state index contributed by atoms with van der Waals surface area (Å²) in [4.78, 5) is 16.9. The van der Waals surface area contributed by atoms with Crippen molar-refractivity contribution in [1.82, 2.24) is 9.88 Å². The Labute approximate surface area is 123 Å². The van der Waals surface area contributed by atoms with E-state index in [4.69, 9.17) is 4.74 Å². The highest BCUT2D eigenvalue weighted by Crippen LogP contribution is 2.36. The second kappa shape index (κ2) is 5.07. The summed E-state index contributed by atoms with van der Waals surface area (Å²) in [5.41, 5.74) is 2.76. The highest BCUT2D eigenvalue weighted by atomic mass is 16.5. The number of aromatic nitrogens is 1. The van der Waals surface area contributed by atoms with Gasteiger partial charge in [0, 0.05) is 29.2 Å². The van der Waals surface area contributed by atoms with Crippen LogP contribution in [0, 0.1) is 0 Å². The lowest BCUT2D eigenvalue weighted by atomic mass is 9.96. The highest BCUT2D eigenvalue weighted by molar-refractivity contribution is 5.88. The number of nitrogens with one attached hydrogen (secondary N) is 1. The van der Waals surface area contributed by atoms with Crippen molar-refractivity contribution in [3.05, 3.63) is 29.5 Å². The molecular weight excluding hydrogens is 268 g/mol. The molecular formula is C16H19N2O3-. The molecule has 0 aliphatic carbocycles. The molecule has 1 N–H and O–H groups in total. The molecule has 0 bridgehead atoms. The minimum Gasteiger partial charge on any atom is -0.548 e. The number of carbonyl (C=O) groups excluding carboxylic acids is 1. The Morgan fingerprint density at radius 1 is 1.48 bits per heavy atom. The molecule has 1 aromatic carbocycles. The predicted molar refractivity (Wildman–Crippen MR) is 78.1 cm³/mol. The average molecular weight is 287 g/mol. The van der Waals surface area contributed by atoms with Crippen molar-refractivity contribution in [3.8, 4) is 5.75 Å². The summed E-state index contributed by atoms with van der Waals surface area (Å²) < 4.78 is 5.26. The molecule has 5 heteroatoms. The summed E-state index contributed by atoms with van der Waals surface area (Å²) in [6.45, 7) is 4.73. The summed E-state index contributed by atoms with van der Waals surface area (Å²) in [5, 5.41) is 12.7. The third-order valence-electron chi connectivity index (χ3n) is 4.26. The third kappa shape index (κ3) is 2.17. The SMILES string of the molecule is COc1ccc2[nH]c3c(c2c1)CCN(C(C)C)C3C(=O)[O-]. The van der Waals surface area contributed by atoms with Gasteiger partial charge in [0.2, 0.25) is 0 Å². The number of carbonyl (C=O) groups is 1. The fourth-order valence-electron chi connectivity index (χ4n) is 3.22. The molecule has 21 heavy (non-hydrogen) atoms. The Bertz CT molecular complexity index is 690. The largest absolute Gasteiger partial charge is 0.548 e. The fraction of sp³-hybridized carbons (Fsp3) is 0.438. The van der Waals surface area contributed by atoms with Gasteiger partial charge in [0.1, 0.15) is 5.75 Å². The number of benzene rings is 1. The number of hydrogen-bond donors (Lipinski definition) is 1. The average Bonchev–Trinajstić information content (AvgIpc) is 2.83. The van der Waals surface area contributed by atoms with Gasteiger partial charge in [-0.05, 0) is 44.0 Å². The van der Waals surface area contributed by atoms with Gasteiger partial charge in [-0.15, -0.1) is 0 Å². The first-order valence-corrected chi connectivity index (χ1v) is 7.18. The smallest absolute Gasteiger partial charge is 0.119 e. The van der Waals surface area contributed by atoms with E-state index in [-0.39, 0.29) is 6.04 Å². The van der Waals surface area contributed by atoms with Crippen molar-refractivity contribution in [2.24, 2.45) is 0 Å². The van der Waals surface area contributed by atoms with Crippen LogP contribution >= 0.6 is 0 Å². The molecule has 3 rings (SSSR count). The number of methoxy groups -OCH3 is 1. The zero-order valence-electron chi connectivity index (χ0n) is 12.5. The Balaban J connectivity index is 2.17. The first kappa shape index (κ1) is 13.9. The van der Waals surface area contributed by atoms with Gasteiger partial charge in [-0.3, -0.25) is 4.90 Å². The first-order chi connectivity index (χ1) is 10.0. The molecule has 0 fully saturated rings. The van der Waals surface area contributed by atoms with Crippen LogP contribution in [0.5, 0.6) is 5.75 Å². The monoisotopic (exact) mass is 287 g/mol. The van der Waals surface area contributed by atoms with Crippen LogP contribution < -0.4 is 9.84 Å². The lowest BCUT2D eigenvalue weighted by molar-refractivity contribution is -0.313. The van der Waals surface area contributed by atoms with E-state index in [1.54, 1.807) is 7.11 Å². The van der Waals surface area contributed by atoms with Crippen molar-refractivity contribution >= 4 is 16.9 Å². The Hall–Kier alpha value is -2.01. The summed E-state index contributed by atoms with van der Waals surface area (Å²) in [6, 6.07) is 5.20. The van der Waals surface area contributed by atoms with Gasteiger partial charge in [-0.2, -0.15) is 0 Å². The van der Waals surface area contributed by atoms with Crippen LogP contribution in [-0.2, 0) is 11.2 Å². The number of ether oxygens (including phenoxy) is 1. The molecule has 0 saturated heterocycles. The minimum atomic E-state index is -1.05. The molecule has 1 unspecified atom stereocenters. The van der Waals surface area contributed by atoms with Gasteiger partial charge in [0.25, 0.3) is 0 Å². The third-order valence-corrected chi connectivity index (χ3v) is 4.26. The highest BCUT2D eigenvalue weighted by Gasteiger charge is 2.32. The lowest BCUT2D eigenvalue weighted by Crippen LogP contribution is -2.48. The second-order valence-electron chi connectivity index (χ2n) is 5.73. The number of aromatic amines is 1. The molecule has 1 aromatic heterocycles. The van der Waals surface area contributed by atoms with Crippen molar-refractivity contribution in [2.75, 3.05) is 13.7 Å². The number of carboxylic acids is 1. The number of hydrogen-bond acceptors (Lipinski definition) is 4. The molecule has 1 aliphatic heterocycles. The van der Waals surface area contributed by atoms with Crippen molar-refractivity contribution in [1.29, 1.82) is 0 Å². The molecule has 0 spiro atoms. The van der Waals surface area contributed by atoms with E-state index in [1.807, 2.05) is 36.9 Å². The molecule has 112 valence electrons. The number of fused-ring (bicyclic) bond motifs is 3. The van der Waals surface area contributed by atoms with Gasteiger partial charge in [-0.25, -0.2) is 0 Å². The minimum absolute atomic E-state index is 0.155. The molecule has 2 heterocycles. The summed E-state index contributed by atoms with van der Waals surface area (Å²) in [5.74, 6) is -0.274. The van der Waals surface area contributed by atoms with Gasteiger partial charge in [-0.1, -0.05) is 0 Å². The second-order valence-corrected chi connectivity index (χ2v) is 5.73. The van der Waals surface area contributed by atoms with E-state index in [0.29, 0.717) is 6.54 Å². The van der Waals surface area contributed by atoms with Crippen molar-refractivity contribution < 1.29 is 14.6 Å². The summed E-state index contributed by atoms with van der Waals surface area (Å²) in [7, 11) is 1.63. The molecule has 0 amide bonds. The molecule has 0 saturated carbocycles. The van der Waals surface area contributed by atoms with Gasteiger partial charge in [0.05, 0.1) is 19.1 Å². The van der Waals surface area contributed by atoms with E-state index in [0.717, 1.165) is 34.3 Å². The number of carboxylic acid groups (broad SMARTS) is 1. The Morgan fingerprint density at radius 2 is 2.24 bits per heavy atom. The van der Waals surface area contributed by atoms with Crippen LogP contribution in [0.4, 0.5) is 0 Å². The predicted octanol–water partition coefficient (Wildman–Crippen LogP) is 1.23. The summed E-state index contributed by atoms with van der Waals surface area (Å²) in [6.07, 6.45) is 0.824. The van der Waals surface area contributed by atoms with Crippen molar-refractivity contribution in [3.63, 3.8) is 0 Å². The van der Waals surface area contributed by atoms with Crippen LogP contribution in [-0.4, -0.2) is 35.5 Å². The van der Waals surface area contributed by atoms with E-state index in [9.17, 15) is 9.90 Å². The zero-order valence-corrected chi connectivity index (χ0v) is 12.5. The summed E-state index contributed by atoms with van der Waals surface area (Å²) >= 11 is 0. The van der Waals surface area contributed by atoms with Crippen LogP contribution in [0.3, 0.4) is 0 Å². The molecule has 0 radical (unpaired) electrons. The van der Waals surface area contributed by atoms with Gasteiger partial charge >= 0.3 is 0 Å². The molecule has 1 atom stereocenters. The van der Waals surface area contributed by atoms with Crippen molar-refractivity contribution in [2.45, 2.75) is 32.4 Å². The first-order valence-electron chi connectivity index (χ1n) is 7.18. The maximum Gasteiger partial charge on any atom is 0.119 e.